The van der Waals surface area contributed by atoms with Gasteiger partial charge in [0.2, 0.25) is 5.88 Å². The van der Waals surface area contributed by atoms with Crippen LogP contribution in [0.25, 0.3) is 11.3 Å². The van der Waals surface area contributed by atoms with Gasteiger partial charge in [-0.2, -0.15) is 0 Å². The molecule has 3 atom stereocenters. The Balaban J connectivity index is 1.43. The zero-order valence-corrected chi connectivity index (χ0v) is 20.7. The smallest absolute Gasteiger partial charge is 0.306 e. The Bertz CT molecular complexity index is 1290. The molecular weight excluding hydrogens is 461 g/mol. The van der Waals surface area contributed by atoms with Crippen molar-refractivity contribution in [3.63, 3.8) is 0 Å². The van der Waals surface area contributed by atoms with E-state index in [-0.39, 0.29) is 12.0 Å². The second kappa shape index (κ2) is 9.84. The van der Waals surface area contributed by atoms with Crippen LogP contribution in [0.1, 0.15) is 67.6 Å². The van der Waals surface area contributed by atoms with E-state index in [1.165, 1.54) is 13.2 Å². The fourth-order valence-electron chi connectivity index (χ4n) is 5.16. The Morgan fingerprint density at radius 2 is 2.03 bits per heavy atom. The number of carbonyl (C=O) groups is 1. The number of nitrogens with zero attached hydrogens (tertiary/aromatic N) is 3. The number of methoxy groups -OCH3 is 1. The van der Waals surface area contributed by atoms with Crippen LogP contribution in [0, 0.1) is 17.7 Å². The molecule has 36 heavy (non-hydrogen) atoms. The Kier molecular flexibility index (Phi) is 6.60. The first-order valence-electron chi connectivity index (χ1n) is 12.5. The summed E-state index contributed by atoms with van der Waals surface area (Å²) in [5.41, 5.74) is 4.27. The molecule has 0 radical (unpaired) electrons. The van der Waals surface area contributed by atoms with Crippen LogP contribution in [0.5, 0.6) is 11.6 Å². The predicted octanol–water partition coefficient (Wildman–Crippen LogP) is 5.53. The summed E-state index contributed by atoms with van der Waals surface area (Å²) in [6.45, 7) is 3.75. The minimum Gasteiger partial charge on any atom is -0.484 e. The summed E-state index contributed by atoms with van der Waals surface area (Å²) in [6.07, 6.45) is 6.77. The molecule has 2 aliphatic rings. The predicted molar refractivity (Wildman–Crippen MR) is 132 cm³/mol. The first-order chi connectivity index (χ1) is 17.4. The highest BCUT2D eigenvalue weighted by Gasteiger charge is 2.39. The number of aryl methyl sites for hydroxylation is 2. The van der Waals surface area contributed by atoms with Crippen molar-refractivity contribution in [1.29, 1.82) is 0 Å². The van der Waals surface area contributed by atoms with E-state index in [1.54, 1.807) is 13.1 Å². The summed E-state index contributed by atoms with van der Waals surface area (Å²) >= 11 is 0. The van der Waals surface area contributed by atoms with E-state index in [2.05, 4.69) is 22.1 Å². The normalized spacial score (nSPS) is 18.6. The van der Waals surface area contributed by atoms with Gasteiger partial charge < -0.3 is 14.6 Å². The van der Waals surface area contributed by atoms with Crippen LogP contribution in [0.15, 0.2) is 36.7 Å². The monoisotopic (exact) mass is 491 g/mol. The summed E-state index contributed by atoms with van der Waals surface area (Å²) in [6, 6.07) is 7.68. The van der Waals surface area contributed by atoms with E-state index in [1.807, 2.05) is 13.0 Å². The lowest BCUT2D eigenvalue weighted by Crippen LogP contribution is -2.22. The Morgan fingerprint density at radius 1 is 1.22 bits per heavy atom. The lowest BCUT2D eigenvalue weighted by molar-refractivity contribution is -0.142. The van der Waals surface area contributed by atoms with Crippen molar-refractivity contribution in [1.82, 2.24) is 15.0 Å². The van der Waals surface area contributed by atoms with Crippen LogP contribution in [-0.4, -0.2) is 33.1 Å². The van der Waals surface area contributed by atoms with Crippen LogP contribution in [-0.2, 0) is 17.6 Å². The molecule has 1 N–H and O–H groups in total. The van der Waals surface area contributed by atoms with Gasteiger partial charge in [0, 0.05) is 11.6 Å². The summed E-state index contributed by atoms with van der Waals surface area (Å²) < 4.78 is 26.1. The zero-order valence-electron chi connectivity index (χ0n) is 20.7. The minimum absolute atomic E-state index is 0.0187. The average Bonchev–Trinajstić information content (AvgIpc) is 3.73. The molecule has 3 heterocycles. The van der Waals surface area contributed by atoms with Gasteiger partial charge in [0.05, 0.1) is 42.5 Å². The molecular formula is C28H30FN3O4. The first kappa shape index (κ1) is 24.2. The van der Waals surface area contributed by atoms with E-state index in [0.717, 1.165) is 48.8 Å². The van der Waals surface area contributed by atoms with E-state index < -0.39 is 17.7 Å². The number of hydrogen-bond donors (Lipinski definition) is 1. The quantitative estimate of drug-likeness (QED) is 0.443. The van der Waals surface area contributed by atoms with Crippen molar-refractivity contribution < 1.29 is 23.8 Å². The number of aromatic nitrogens is 3. The minimum atomic E-state index is -0.769. The largest absolute Gasteiger partial charge is 0.484 e. The molecule has 1 aromatic carbocycles. The molecule has 5 rings (SSSR count). The van der Waals surface area contributed by atoms with Gasteiger partial charge in [-0.1, -0.05) is 26.0 Å². The third-order valence-electron chi connectivity index (χ3n) is 7.30. The second-order valence-corrected chi connectivity index (χ2v) is 9.65. The van der Waals surface area contributed by atoms with Gasteiger partial charge in [-0.05, 0) is 61.1 Å². The number of benzene rings is 1. The Morgan fingerprint density at radius 3 is 2.72 bits per heavy atom. The highest BCUT2D eigenvalue weighted by atomic mass is 19.1. The summed E-state index contributed by atoms with van der Waals surface area (Å²) in [4.78, 5) is 25.0. The fraction of sp³-hybridized carbons (Fsp3) is 0.429. The zero-order chi connectivity index (χ0) is 25.4. The van der Waals surface area contributed by atoms with Crippen LogP contribution in [0.3, 0.4) is 0 Å². The van der Waals surface area contributed by atoms with Crippen LogP contribution >= 0.6 is 0 Å². The molecule has 1 aliphatic heterocycles. The van der Waals surface area contributed by atoms with Gasteiger partial charge >= 0.3 is 5.97 Å². The molecule has 1 fully saturated rings. The van der Waals surface area contributed by atoms with Crippen molar-refractivity contribution in [2.24, 2.45) is 11.8 Å². The van der Waals surface area contributed by atoms with Gasteiger partial charge in [0.15, 0.2) is 5.82 Å². The maximum Gasteiger partial charge on any atom is 0.306 e. The summed E-state index contributed by atoms with van der Waals surface area (Å²) in [5.74, 6) is -0.225. The number of carboxylic acid groups (broad SMARTS) is 1. The number of hydrogen-bond acceptors (Lipinski definition) is 6. The number of aliphatic carboxylic acids is 1. The standard InChI is InChI=1S/C28H30FN3O4/c1-4-21-27(19-12-25(35-3)30-13-20(19)29)31-14-22(32-21)23-10-9-16-5-8-18(11-24(16)36-23)26(17-6-7-17)15(2)28(33)34/h5,8,11-15,17,23,26H,4,6-7,9-10H2,1-3H3,(H,33,34)/t15?,23-,26?/m1/s1. The molecule has 0 bridgehead atoms. The van der Waals surface area contributed by atoms with E-state index >= 15 is 0 Å². The molecule has 0 saturated heterocycles. The molecule has 7 nitrogen and oxygen atoms in total. The Labute approximate surface area is 209 Å². The highest BCUT2D eigenvalue weighted by molar-refractivity contribution is 5.71. The number of pyridine rings is 1. The molecule has 8 heteroatoms. The van der Waals surface area contributed by atoms with Crippen molar-refractivity contribution in [3.8, 4) is 22.9 Å². The van der Waals surface area contributed by atoms with Crippen molar-refractivity contribution in [2.45, 2.75) is 58.0 Å². The third kappa shape index (κ3) is 4.64. The van der Waals surface area contributed by atoms with E-state index in [4.69, 9.17) is 14.5 Å². The third-order valence-corrected chi connectivity index (χ3v) is 7.30. The summed E-state index contributed by atoms with van der Waals surface area (Å²) in [5, 5.41) is 9.64. The maximum atomic E-state index is 14.6. The van der Waals surface area contributed by atoms with E-state index in [9.17, 15) is 14.3 Å². The van der Waals surface area contributed by atoms with Crippen LogP contribution < -0.4 is 9.47 Å². The molecule has 188 valence electrons. The number of ether oxygens (including phenoxy) is 2. The van der Waals surface area contributed by atoms with Gasteiger partial charge in [-0.15, -0.1) is 0 Å². The lowest BCUT2D eigenvalue weighted by Gasteiger charge is -2.28. The average molecular weight is 492 g/mol. The van der Waals surface area contributed by atoms with Crippen LogP contribution in [0.2, 0.25) is 0 Å². The summed E-state index contributed by atoms with van der Waals surface area (Å²) in [7, 11) is 1.48. The van der Waals surface area contributed by atoms with Gasteiger partial charge in [0.25, 0.3) is 0 Å². The number of rotatable bonds is 8. The van der Waals surface area contributed by atoms with Crippen molar-refractivity contribution in [2.75, 3.05) is 7.11 Å². The molecule has 0 amide bonds. The molecule has 2 unspecified atom stereocenters. The van der Waals surface area contributed by atoms with Crippen molar-refractivity contribution >= 4 is 5.97 Å². The second-order valence-electron chi connectivity index (χ2n) is 9.65. The molecule has 0 spiro atoms. The highest BCUT2D eigenvalue weighted by Crippen LogP contribution is 2.48. The van der Waals surface area contributed by atoms with Crippen LogP contribution in [0.4, 0.5) is 4.39 Å². The molecule has 2 aromatic heterocycles. The molecule has 1 aliphatic carbocycles. The van der Waals surface area contributed by atoms with Gasteiger partial charge in [-0.3, -0.25) is 14.8 Å². The Hall–Kier alpha value is -3.55. The maximum absolute atomic E-state index is 14.6. The number of carboxylic acids is 1. The number of fused-ring (bicyclic) bond motifs is 1. The first-order valence-corrected chi connectivity index (χ1v) is 12.5. The lowest BCUT2D eigenvalue weighted by atomic mass is 9.82. The van der Waals surface area contributed by atoms with E-state index in [0.29, 0.717) is 40.9 Å². The van der Waals surface area contributed by atoms with Crippen molar-refractivity contribution in [3.05, 3.63) is 65.0 Å². The fourth-order valence-corrected chi connectivity index (χ4v) is 5.16. The van der Waals surface area contributed by atoms with Gasteiger partial charge in [0.1, 0.15) is 11.9 Å². The molecule has 3 aromatic rings. The number of halogens is 1. The topological polar surface area (TPSA) is 94.4 Å². The van der Waals surface area contributed by atoms with Gasteiger partial charge in [-0.25, -0.2) is 9.37 Å². The molecule has 1 saturated carbocycles. The SMILES string of the molecule is CCc1nc([C@H]2CCc3ccc(C(C4CC4)C(C)C(=O)O)cc3O2)cnc1-c1cc(OC)ncc1F.